The molecule has 2 bridgehead atoms. The minimum Gasteiger partial charge on any atom is -0.459 e. The summed E-state index contributed by atoms with van der Waals surface area (Å²) in [5.74, 6) is 0.379. The SMILES string of the molecule is CCCC(=O)OC1(C)CCCC(C)(S(C)=O)CC2OC1C1C(C(C)C)CCC(C)(OC(C)=O)C21. The molecule has 1 saturated carbocycles. The molecule has 196 valence electrons. The third-order valence-electron chi connectivity index (χ3n) is 9.00. The molecule has 0 spiro atoms. The Kier molecular flexibility index (Phi) is 8.29. The standard InChI is InChI=1S/C27H46O6S/c1-9-11-21(29)33-27(7)14-10-13-25(5,34(8)30)16-20-23-22(24(27)31-20)19(17(2)3)12-15-26(23,6)32-18(4)28/h17,19-20,22-24H,9-16H2,1-8H3. The van der Waals surface area contributed by atoms with E-state index in [4.69, 9.17) is 14.2 Å². The second kappa shape index (κ2) is 10.2. The van der Waals surface area contributed by atoms with Crippen molar-refractivity contribution in [3.8, 4) is 0 Å². The first-order valence-electron chi connectivity index (χ1n) is 13.2. The van der Waals surface area contributed by atoms with Crippen LogP contribution in [0.3, 0.4) is 0 Å². The van der Waals surface area contributed by atoms with Crippen molar-refractivity contribution in [2.75, 3.05) is 6.26 Å². The highest BCUT2D eigenvalue weighted by molar-refractivity contribution is 7.85. The molecule has 3 fully saturated rings. The normalized spacial score (nSPS) is 43.3. The van der Waals surface area contributed by atoms with E-state index in [1.54, 1.807) is 6.26 Å². The number of carbonyl (C=O) groups is 2. The van der Waals surface area contributed by atoms with Gasteiger partial charge in [0.1, 0.15) is 17.3 Å². The molecule has 0 amide bonds. The van der Waals surface area contributed by atoms with E-state index in [0.717, 1.165) is 32.1 Å². The maximum Gasteiger partial charge on any atom is 0.306 e. The molecular formula is C27H46O6S. The summed E-state index contributed by atoms with van der Waals surface area (Å²) in [5.41, 5.74) is -1.43. The Balaban J connectivity index is 2.14. The summed E-state index contributed by atoms with van der Waals surface area (Å²) in [5, 5.41) is 0. The molecule has 6 nitrogen and oxygen atoms in total. The van der Waals surface area contributed by atoms with E-state index >= 15 is 0 Å². The Bertz CT molecular complexity index is 798. The van der Waals surface area contributed by atoms with Gasteiger partial charge in [0.25, 0.3) is 0 Å². The predicted molar refractivity (Wildman–Crippen MR) is 134 cm³/mol. The summed E-state index contributed by atoms with van der Waals surface area (Å²) >= 11 is 0. The van der Waals surface area contributed by atoms with Crippen LogP contribution in [0.5, 0.6) is 0 Å². The molecule has 1 aliphatic carbocycles. The third-order valence-corrected chi connectivity index (χ3v) is 10.8. The number of ether oxygens (including phenoxy) is 3. The van der Waals surface area contributed by atoms with Crippen LogP contribution in [0.15, 0.2) is 0 Å². The van der Waals surface area contributed by atoms with E-state index in [9.17, 15) is 13.8 Å². The maximum absolute atomic E-state index is 13.0. The van der Waals surface area contributed by atoms with Crippen LogP contribution >= 0.6 is 0 Å². The van der Waals surface area contributed by atoms with Crippen molar-refractivity contribution in [1.82, 2.24) is 0 Å². The molecule has 7 heteroatoms. The zero-order valence-corrected chi connectivity index (χ0v) is 23.3. The van der Waals surface area contributed by atoms with E-state index < -0.39 is 26.7 Å². The van der Waals surface area contributed by atoms with Gasteiger partial charge >= 0.3 is 11.9 Å². The minimum atomic E-state index is -1.05. The molecule has 9 unspecified atom stereocenters. The summed E-state index contributed by atoms with van der Waals surface area (Å²) in [6, 6.07) is 0. The lowest BCUT2D eigenvalue weighted by Crippen LogP contribution is -2.57. The number of hydrogen-bond acceptors (Lipinski definition) is 6. The molecule has 0 N–H and O–H groups in total. The fourth-order valence-corrected chi connectivity index (χ4v) is 8.05. The summed E-state index contributed by atoms with van der Waals surface area (Å²) in [4.78, 5) is 25.0. The summed E-state index contributed by atoms with van der Waals surface area (Å²) in [7, 11) is -1.05. The smallest absolute Gasteiger partial charge is 0.306 e. The summed E-state index contributed by atoms with van der Waals surface area (Å²) < 4.78 is 31.8. The van der Waals surface area contributed by atoms with Gasteiger partial charge in [0.05, 0.1) is 6.10 Å². The largest absolute Gasteiger partial charge is 0.459 e. The molecular weight excluding hydrogens is 452 g/mol. The van der Waals surface area contributed by atoms with Gasteiger partial charge in [0, 0.05) is 47.0 Å². The molecule has 3 rings (SSSR count). The fraction of sp³-hybridized carbons (Fsp3) is 0.926. The van der Waals surface area contributed by atoms with Crippen LogP contribution < -0.4 is 0 Å². The van der Waals surface area contributed by atoms with E-state index in [1.165, 1.54) is 6.92 Å². The zero-order chi connectivity index (χ0) is 25.5. The monoisotopic (exact) mass is 498 g/mol. The van der Waals surface area contributed by atoms with Gasteiger partial charge < -0.3 is 14.2 Å². The molecule has 2 saturated heterocycles. The quantitative estimate of drug-likeness (QED) is 0.469. The van der Waals surface area contributed by atoms with Crippen LogP contribution in [0.4, 0.5) is 0 Å². The Morgan fingerprint density at radius 1 is 1.09 bits per heavy atom. The fourth-order valence-electron chi connectivity index (χ4n) is 7.22. The van der Waals surface area contributed by atoms with Crippen LogP contribution in [-0.2, 0) is 34.6 Å². The number of hydrogen-bond donors (Lipinski definition) is 0. The topological polar surface area (TPSA) is 78.9 Å². The Hall–Kier alpha value is -0.950. The van der Waals surface area contributed by atoms with Gasteiger partial charge in [-0.3, -0.25) is 13.8 Å². The average Bonchev–Trinajstić information content (AvgIpc) is 3.09. The van der Waals surface area contributed by atoms with Gasteiger partial charge in [-0.05, 0) is 77.6 Å². The minimum absolute atomic E-state index is 0.0345. The molecule has 34 heavy (non-hydrogen) atoms. The highest BCUT2D eigenvalue weighted by Crippen LogP contribution is 2.58. The highest BCUT2D eigenvalue weighted by atomic mass is 32.2. The Labute approximate surface area is 208 Å². The van der Waals surface area contributed by atoms with E-state index in [0.29, 0.717) is 31.1 Å². The van der Waals surface area contributed by atoms with Crippen molar-refractivity contribution < 1.29 is 28.0 Å². The second-order valence-corrected chi connectivity index (χ2v) is 13.9. The van der Waals surface area contributed by atoms with Crippen molar-refractivity contribution in [3.05, 3.63) is 0 Å². The second-order valence-electron chi connectivity index (χ2n) is 12.0. The molecule has 0 aromatic rings. The van der Waals surface area contributed by atoms with Crippen LogP contribution in [0, 0.1) is 23.7 Å². The maximum atomic E-state index is 13.0. The van der Waals surface area contributed by atoms with Crippen molar-refractivity contribution in [2.45, 2.75) is 128 Å². The van der Waals surface area contributed by atoms with Gasteiger partial charge in [-0.1, -0.05) is 20.8 Å². The van der Waals surface area contributed by atoms with Crippen molar-refractivity contribution in [3.63, 3.8) is 0 Å². The first-order valence-corrected chi connectivity index (χ1v) is 14.7. The number of fused-ring (bicyclic) bond motifs is 5. The van der Waals surface area contributed by atoms with Crippen molar-refractivity contribution >= 4 is 22.7 Å². The van der Waals surface area contributed by atoms with Crippen LogP contribution in [-0.4, -0.2) is 50.6 Å². The molecule has 9 atom stereocenters. The Morgan fingerprint density at radius 3 is 2.32 bits per heavy atom. The van der Waals surface area contributed by atoms with Gasteiger partial charge in [0.2, 0.25) is 0 Å². The average molecular weight is 499 g/mol. The van der Waals surface area contributed by atoms with E-state index in [1.807, 2.05) is 20.8 Å². The number of rotatable bonds is 6. The van der Waals surface area contributed by atoms with Gasteiger partial charge in [-0.25, -0.2) is 0 Å². The lowest BCUT2D eigenvalue weighted by atomic mass is 9.57. The number of esters is 2. The van der Waals surface area contributed by atoms with Gasteiger partial charge in [-0.2, -0.15) is 0 Å². The first-order chi connectivity index (χ1) is 15.8. The van der Waals surface area contributed by atoms with Crippen LogP contribution in [0.25, 0.3) is 0 Å². The zero-order valence-electron chi connectivity index (χ0n) is 22.5. The molecule has 2 aliphatic heterocycles. The molecule has 0 aromatic carbocycles. The highest BCUT2D eigenvalue weighted by Gasteiger charge is 2.65. The summed E-state index contributed by atoms with van der Waals surface area (Å²) in [6.07, 6.45) is 7.05. The lowest BCUT2D eigenvalue weighted by Gasteiger charge is -2.51. The van der Waals surface area contributed by atoms with Crippen molar-refractivity contribution in [2.24, 2.45) is 23.7 Å². The first kappa shape index (κ1) is 27.6. The molecule has 0 aromatic heterocycles. The van der Waals surface area contributed by atoms with Crippen LogP contribution in [0.2, 0.25) is 0 Å². The lowest BCUT2D eigenvalue weighted by molar-refractivity contribution is -0.183. The predicted octanol–water partition coefficient (Wildman–Crippen LogP) is 5.19. The summed E-state index contributed by atoms with van der Waals surface area (Å²) in [6.45, 7) is 14.1. The van der Waals surface area contributed by atoms with Gasteiger partial charge in [-0.15, -0.1) is 0 Å². The molecule has 0 radical (unpaired) electrons. The Morgan fingerprint density at radius 2 is 1.76 bits per heavy atom. The van der Waals surface area contributed by atoms with E-state index in [-0.39, 0.29) is 36.0 Å². The third kappa shape index (κ3) is 5.25. The van der Waals surface area contributed by atoms with Gasteiger partial charge in [0.15, 0.2) is 0 Å². The van der Waals surface area contributed by atoms with Crippen molar-refractivity contribution in [1.29, 1.82) is 0 Å². The van der Waals surface area contributed by atoms with E-state index in [2.05, 4.69) is 20.8 Å². The van der Waals surface area contributed by atoms with Crippen LogP contribution in [0.1, 0.15) is 99.8 Å². The molecule has 3 aliphatic rings. The molecule has 2 heterocycles. The number of carbonyl (C=O) groups excluding carboxylic acids is 2.